The van der Waals surface area contributed by atoms with Gasteiger partial charge in [-0.05, 0) is 38.3 Å². The predicted molar refractivity (Wildman–Crippen MR) is 81.6 cm³/mol. The molecule has 1 fully saturated rings. The SMILES string of the molecule is CCC(CCN)CCC(=O)NCCCN1CCOCC1. The first-order valence-electron chi connectivity index (χ1n) is 8.03. The van der Waals surface area contributed by atoms with Gasteiger partial charge in [0.05, 0.1) is 13.2 Å². The highest BCUT2D eigenvalue weighted by Crippen LogP contribution is 2.14. The van der Waals surface area contributed by atoms with Crippen LogP contribution in [0.3, 0.4) is 0 Å². The Hall–Kier alpha value is -0.650. The van der Waals surface area contributed by atoms with E-state index in [1.807, 2.05) is 0 Å². The first-order valence-corrected chi connectivity index (χ1v) is 8.03. The van der Waals surface area contributed by atoms with E-state index in [-0.39, 0.29) is 5.91 Å². The summed E-state index contributed by atoms with van der Waals surface area (Å²) >= 11 is 0. The maximum atomic E-state index is 11.7. The molecule has 0 saturated carbocycles. The average molecular weight is 285 g/mol. The fraction of sp³-hybridized carbons (Fsp3) is 0.933. The van der Waals surface area contributed by atoms with Gasteiger partial charge in [0.15, 0.2) is 0 Å². The van der Waals surface area contributed by atoms with Crippen LogP contribution >= 0.6 is 0 Å². The van der Waals surface area contributed by atoms with Gasteiger partial charge in [0.1, 0.15) is 0 Å². The van der Waals surface area contributed by atoms with E-state index in [9.17, 15) is 4.79 Å². The number of hydrogen-bond donors (Lipinski definition) is 2. The van der Waals surface area contributed by atoms with Crippen LogP contribution in [-0.4, -0.2) is 56.7 Å². The van der Waals surface area contributed by atoms with E-state index in [1.54, 1.807) is 0 Å². The minimum absolute atomic E-state index is 0.183. The summed E-state index contributed by atoms with van der Waals surface area (Å²) in [5.41, 5.74) is 5.57. The van der Waals surface area contributed by atoms with Crippen molar-refractivity contribution >= 4 is 5.91 Å². The maximum Gasteiger partial charge on any atom is 0.220 e. The molecular weight excluding hydrogens is 254 g/mol. The molecule has 1 heterocycles. The van der Waals surface area contributed by atoms with Gasteiger partial charge in [-0.15, -0.1) is 0 Å². The predicted octanol–water partition coefficient (Wildman–Crippen LogP) is 0.980. The minimum Gasteiger partial charge on any atom is -0.379 e. The topological polar surface area (TPSA) is 67.6 Å². The summed E-state index contributed by atoms with van der Waals surface area (Å²) in [5.74, 6) is 0.779. The van der Waals surface area contributed by atoms with Gasteiger partial charge < -0.3 is 15.8 Å². The number of nitrogens with one attached hydrogen (secondary N) is 1. The molecule has 118 valence electrons. The molecule has 3 N–H and O–H groups in total. The largest absolute Gasteiger partial charge is 0.379 e. The van der Waals surface area contributed by atoms with Crippen LogP contribution in [0.25, 0.3) is 0 Å². The van der Waals surface area contributed by atoms with Crippen molar-refractivity contribution in [1.29, 1.82) is 0 Å². The van der Waals surface area contributed by atoms with Gasteiger partial charge in [0.2, 0.25) is 5.91 Å². The van der Waals surface area contributed by atoms with Gasteiger partial charge in [-0.1, -0.05) is 13.3 Å². The second kappa shape index (κ2) is 11.1. The van der Waals surface area contributed by atoms with Crippen LogP contribution in [0.4, 0.5) is 0 Å². The van der Waals surface area contributed by atoms with E-state index in [2.05, 4.69) is 17.1 Å². The van der Waals surface area contributed by atoms with E-state index in [0.29, 0.717) is 12.3 Å². The Morgan fingerprint density at radius 3 is 2.75 bits per heavy atom. The minimum atomic E-state index is 0.183. The third-order valence-corrected chi connectivity index (χ3v) is 4.01. The molecule has 20 heavy (non-hydrogen) atoms. The zero-order valence-electron chi connectivity index (χ0n) is 12.9. The van der Waals surface area contributed by atoms with Crippen LogP contribution in [0.1, 0.15) is 39.0 Å². The molecular formula is C15H31N3O2. The van der Waals surface area contributed by atoms with Gasteiger partial charge in [0, 0.05) is 26.1 Å². The van der Waals surface area contributed by atoms with Crippen molar-refractivity contribution in [1.82, 2.24) is 10.2 Å². The molecule has 5 heteroatoms. The van der Waals surface area contributed by atoms with E-state index >= 15 is 0 Å². The monoisotopic (exact) mass is 285 g/mol. The lowest BCUT2D eigenvalue weighted by molar-refractivity contribution is -0.121. The molecule has 0 aromatic heterocycles. The van der Waals surface area contributed by atoms with Crippen LogP contribution in [-0.2, 0) is 9.53 Å². The Balaban J connectivity index is 1.99. The van der Waals surface area contributed by atoms with Gasteiger partial charge in [0.25, 0.3) is 0 Å². The Morgan fingerprint density at radius 1 is 1.35 bits per heavy atom. The van der Waals surface area contributed by atoms with Gasteiger partial charge in [-0.25, -0.2) is 0 Å². The third-order valence-electron chi connectivity index (χ3n) is 4.01. The summed E-state index contributed by atoms with van der Waals surface area (Å²) in [6.07, 6.45) is 4.76. The summed E-state index contributed by atoms with van der Waals surface area (Å²) in [7, 11) is 0. The molecule has 1 amide bonds. The summed E-state index contributed by atoms with van der Waals surface area (Å²) in [6, 6.07) is 0. The van der Waals surface area contributed by atoms with Crippen molar-refractivity contribution < 1.29 is 9.53 Å². The fourth-order valence-corrected chi connectivity index (χ4v) is 2.57. The molecule has 0 aromatic carbocycles. The van der Waals surface area contributed by atoms with Gasteiger partial charge in [-0.3, -0.25) is 9.69 Å². The molecule has 5 nitrogen and oxygen atoms in total. The number of morpholine rings is 1. The summed E-state index contributed by atoms with van der Waals surface area (Å²) in [6.45, 7) is 8.44. The highest BCUT2D eigenvalue weighted by Gasteiger charge is 2.10. The number of ether oxygens (including phenoxy) is 1. The highest BCUT2D eigenvalue weighted by molar-refractivity contribution is 5.75. The number of nitrogens with two attached hydrogens (primary N) is 1. The molecule has 1 aliphatic rings. The Bertz CT molecular complexity index is 256. The van der Waals surface area contributed by atoms with Crippen molar-refractivity contribution in [3.63, 3.8) is 0 Å². The quantitative estimate of drug-likeness (QED) is 0.587. The van der Waals surface area contributed by atoms with Crippen LogP contribution in [0, 0.1) is 5.92 Å². The lowest BCUT2D eigenvalue weighted by Crippen LogP contribution is -2.38. The molecule has 1 atom stereocenters. The van der Waals surface area contributed by atoms with Gasteiger partial charge >= 0.3 is 0 Å². The Kier molecular flexibility index (Phi) is 9.62. The number of amides is 1. The molecule has 1 unspecified atom stereocenters. The second-order valence-corrected chi connectivity index (χ2v) is 5.55. The Labute approximate surface area is 123 Å². The van der Waals surface area contributed by atoms with Crippen LogP contribution in [0.2, 0.25) is 0 Å². The average Bonchev–Trinajstić information content (AvgIpc) is 2.49. The summed E-state index contributed by atoms with van der Waals surface area (Å²) in [5, 5.41) is 3.02. The number of carbonyl (C=O) groups is 1. The number of carbonyl (C=O) groups excluding carboxylic acids is 1. The van der Waals surface area contributed by atoms with Crippen molar-refractivity contribution in [2.75, 3.05) is 45.9 Å². The van der Waals surface area contributed by atoms with E-state index in [0.717, 1.165) is 71.6 Å². The van der Waals surface area contributed by atoms with Gasteiger partial charge in [-0.2, -0.15) is 0 Å². The molecule has 1 aliphatic heterocycles. The lowest BCUT2D eigenvalue weighted by Gasteiger charge is -2.26. The highest BCUT2D eigenvalue weighted by atomic mass is 16.5. The molecule has 1 saturated heterocycles. The van der Waals surface area contributed by atoms with Crippen LogP contribution in [0.15, 0.2) is 0 Å². The first-order chi connectivity index (χ1) is 9.76. The first kappa shape index (κ1) is 17.4. The molecule has 0 bridgehead atoms. The molecule has 0 aliphatic carbocycles. The summed E-state index contributed by atoms with van der Waals surface area (Å²) < 4.78 is 5.31. The van der Waals surface area contributed by atoms with Crippen LogP contribution in [0.5, 0.6) is 0 Å². The van der Waals surface area contributed by atoms with Crippen molar-refractivity contribution in [3.8, 4) is 0 Å². The Morgan fingerprint density at radius 2 is 2.10 bits per heavy atom. The third kappa shape index (κ3) is 7.82. The van der Waals surface area contributed by atoms with Crippen molar-refractivity contribution in [2.45, 2.75) is 39.0 Å². The molecule has 0 radical (unpaired) electrons. The maximum absolute atomic E-state index is 11.7. The number of nitrogens with zero attached hydrogens (tertiary/aromatic N) is 1. The second-order valence-electron chi connectivity index (χ2n) is 5.55. The van der Waals surface area contributed by atoms with E-state index < -0.39 is 0 Å². The smallest absolute Gasteiger partial charge is 0.220 e. The number of hydrogen-bond acceptors (Lipinski definition) is 4. The fourth-order valence-electron chi connectivity index (χ4n) is 2.57. The van der Waals surface area contributed by atoms with E-state index in [1.165, 1.54) is 0 Å². The standard InChI is InChI=1S/C15H31N3O2/c1-2-14(6-7-16)4-5-15(19)17-8-3-9-18-10-12-20-13-11-18/h14H,2-13,16H2,1H3,(H,17,19). The van der Waals surface area contributed by atoms with Crippen LogP contribution < -0.4 is 11.1 Å². The lowest BCUT2D eigenvalue weighted by atomic mass is 9.96. The van der Waals surface area contributed by atoms with E-state index in [4.69, 9.17) is 10.5 Å². The normalized spacial score (nSPS) is 17.9. The number of rotatable bonds is 10. The zero-order valence-corrected chi connectivity index (χ0v) is 12.9. The molecule has 1 rings (SSSR count). The van der Waals surface area contributed by atoms with Crippen molar-refractivity contribution in [2.24, 2.45) is 11.7 Å². The zero-order chi connectivity index (χ0) is 14.6. The van der Waals surface area contributed by atoms with Crippen molar-refractivity contribution in [3.05, 3.63) is 0 Å². The molecule has 0 aromatic rings. The molecule has 0 spiro atoms. The summed E-state index contributed by atoms with van der Waals surface area (Å²) in [4.78, 5) is 14.1.